The first-order chi connectivity index (χ1) is 20.5. The molecule has 3 heterocycles. The highest BCUT2D eigenvalue weighted by molar-refractivity contribution is 7.15. The summed E-state index contributed by atoms with van der Waals surface area (Å²) >= 11 is 1.16. The molecule has 2 saturated carbocycles. The molecule has 1 saturated heterocycles. The molecule has 2 N–H and O–H groups in total. The number of aliphatic hydroxyl groups excluding tert-OH is 1. The van der Waals surface area contributed by atoms with Crippen LogP contribution in [-0.2, 0) is 4.79 Å². The highest BCUT2D eigenvalue weighted by atomic mass is 32.1. The van der Waals surface area contributed by atoms with Crippen LogP contribution in [0.4, 0.5) is 5.69 Å². The summed E-state index contributed by atoms with van der Waals surface area (Å²) in [7, 11) is 0. The molecular weight excluding hydrogens is 562 g/mol. The Morgan fingerprint density at radius 3 is 2.49 bits per heavy atom. The van der Waals surface area contributed by atoms with Crippen LogP contribution in [0.15, 0.2) is 24.4 Å². The van der Waals surface area contributed by atoms with Crippen LogP contribution >= 0.6 is 11.3 Å². The molecular formula is C34H45N3O5S. The second-order valence-electron chi connectivity index (χ2n) is 13.5. The van der Waals surface area contributed by atoms with Crippen molar-refractivity contribution in [1.29, 1.82) is 0 Å². The van der Waals surface area contributed by atoms with Crippen molar-refractivity contribution in [2.24, 2.45) is 17.3 Å². The van der Waals surface area contributed by atoms with Crippen molar-refractivity contribution in [1.82, 2.24) is 9.88 Å². The van der Waals surface area contributed by atoms with Gasteiger partial charge in [-0.05, 0) is 95.8 Å². The molecule has 0 radical (unpaired) electrons. The van der Waals surface area contributed by atoms with E-state index >= 15 is 0 Å². The number of hydrogen-bond acceptors (Lipinski definition) is 7. The lowest BCUT2D eigenvalue weighted by molar-refractivity contribution is -0.124. The SMILES string of the molecule is CC1CCC(C(=O)N(c2cc(C#CC(C)(C)C)sc2C(=O)O)C2CCC(Oc3cc(C4CN4CCO)ccn3)CC2)CC1. The lowest BCUT2D eigenvalue weighted by atomic mass is 9.81. The number of β-amino-alcohol motifs (C(OH)–C–C–N with tert-alkyl or cyclic N) is 1. The van der Waals surface area contributed by atoms with Crippen molar-refractivity contribution < 1.29 is 24.5 Å². The van der Waals surface area contributed by atoms with E-state index in [0.29, 0.717) is 34.9 Å². The second-order valence-corrected chi connectivity index (χ2v) is 14.6. The minimum atomic E-state index is -1.02. The molecule has 3 aliphatic rings. The number of thiophene rings is 1. The monoisotopic (exact) mass is 607 g/mol. The number of nitrogens with zero attached hydrogens (tertiary/aromatic N) is 3. The van der Waals surface area contributed by atoms with Gasteiger partial charge in [0.1, 0.15) is 11.0 Å². The third-order valence-electron chi connectivity index (χ3n) is 8.87. The number of aliphatic hydroxyl groups is 1. The van der Waals surface area contributed by atoms with Gasteiger partial charge >= 0.3 is 5.97 Å². The fraction of sp³-hybridized carbons (Fsp3) is 0.618. The fourth-order valence-electron chi connectivity index (χ4n) is 6.38. The normalized spacial score (nSPS) is 27.1. The van der Waals surface area contributed by atoms with Gasteiger partial charge in [-0.1, -0.05) is 18.8 Å². The van der Waals surface area contributed by atoms with Gasteiger partial charge in [0.15, 0.2) is 0 Å². The Bertz CT molecular complexity index is 1360. The zero-order valence-electron chi connectivity index (χ0n) is 25.8. The molecule has 0 aromatic carbocycles. The van der Waals surface area contributed by atoms with Crippen LogP contribution in [0.1, 0.15) is 105 Å². The minimum absolute atomic E-state index is 0.0196. The molecule has 2 aromatic heterocycles. The number of carbonyl (C=O) groups excluding carboxylic acids is 1. The number of carboxylic acid groups (broad SMARTS) is 1. The van der Waals surface area contributed by atoms with E-state index in [2.05, 4.69) is 28.6 Å². The van der Waals surface area contributed by atoms with Gasteiger partial charge in [0.25, 0.3) is 0 Å². The molecule has 232 valence electrons. The van der Waals surface area contributed by atoms with Crippen molar-refractivity contribution >= 4 is 28.9 Å². The summed E-state index contributed by atoms with van der Waals surface area (Å²) < 4.78 is 6.33. The Morgan fingerprint density at radius 1 is 1.12 bits per heavy atom. The highest BCUT2D eigenvalue weighted by Gasteiger charge is 2.38. The summed E-state index contributed by atoms with van der Waals surface area (Å²) in [6.07, 6.45) is 8.45. The van der Waals surface area contributed by atoms with E-state index in [1.165, 1.54) is 0 Å². The molecule has 0 bridgehead atoms. The summed E-state index contributed by atoms with van der Waals surface area (Å²) in [6.45, 7) is 10.1. The molecule has 43 heavy (non-hydrogen) atoms. The van der Waals surface area contributed by atoms with Crippen LogP contribution in [0.25, 0.3) is 0 Å². The minimum Gasteiger partial charge on any atom is -0.477 e. The molecule has 1 amide bonds. The number of ether oxygens (including phenoxy) is 1. The highest BCUT2D eigenvalue weighted by Crippen LogP contribution is 2.40. The third kappa shape index (κ3) is 7.97. The number of pyridine rings is 1. The van der Waals surface area contributed by atoms with E-state index < -0.39 is 5.97 Å². The van der Waals surface area contributed by atoms with Gasteiger partial charge in [0.2, 0.25) is 11.8 Å². The Labute approximate surface area is 259 Å². The Hall–Kier alpha value is -2.93. The third-order valence-corrected chi connectivity index (χ3v) is 9.90. The Balaban J connectivity index is 1.34. The Kier molecular flexibility index (Phi) is 9.79. The number of amides is 1. The molecule has 5 rings (SSSR count). The van der Waals surface area contributed by atoms with Gasteiger partial charge < -0.3 is 19.8 Å². The summed E-state index contributed by atoms with van der Waals surface area (Å²) in [5.74, 6) is 6.55. The average Bonchev–Trinajstić information content (AvgIpc) is 3.61. The van der Waals surface area contributed by atoms with Gasteiger partial charge in [-0.25, -0.2) is 9.78 Å². The summed E-state index contributed by atoms with van der Waals surface area (Å²) in [5, 5.41) is 19.4. The van der Waals surface area contributed by atoms with Gasteiger partial charge in [0.05, 0.1) is 17.2 Å². The first kappa shape index (κ1) is 31.5. The van der Waals surface area contributed by atoms with Crippen molar-refractivity contribution in [3.8, 4) is 17.7 Å². The van der Waals surface area contributed by atoms with Crippen LogP contribution in [0.2, 0.25) is 0 Å². The molecule has 2 atom stereocenters. The first-order valence-corrected chi connectivity index (χ1v) is 16.5. The van der Waals surface area contributed by atoms with Crippen LogP contribution in [0.3, 0.4) is 0 Å². The van der Waals surface area contributed by atoms with E-state index in [0.717, 1.165) is 74.8 Å². The number of anilines is 1. The van der Waals surface area contributed by atoms with Gasteiger partial charge in [-0.3, -0.25) is 9.69 Å². The van der Waals surface area contributed by atoms with Crippen molar-refractivity contribution in [3.63, 3.8) is 0 Å². The lowest BCUT2D eigenvalue weighted by Gasteiger charge is -2.39. The van der Waals surface area contributed by atoms with Gasteiger partial charge in [0, 0.05) is 48.8 Å². The van der Waals surface area contributed by atoms with Crippen LogP contribution < -0.4 is 9.64 Å². The van der Waals surface area contributed by atoms with E-state index in [1.54, 1.807) is 6.20 Å². The number of carbonyl (C=O) groups is 2. The van der Waals surface area contributed by atoms with E-state index in [9.17, 15) is 19.8 Å². The summed E-state index contributed by atoms with van der Waals surface area (Å²) in [5.41, 5.74) is 1.43. The van der Waals surface area contributed by atoms with Crippen molar-refractivity contribution in [3.05, 3.63) is 39.7 Å². The second kappa shape index (κ2) is 13.4. The zero-order chi connectivity index (χ0) is 30.7. The predicted molar refractivity (Wildman–Crippen MR) is 169 cm³/mol. The lowest BCUT2D eigenvalue weighted by Crippen LogP contribution is -2.47. The molecule has 2 unspecified atom stereocenters. The van der Waals surface area contributed by atoms with Crippen LogP contribution in [-0.4, -0.2) is 63.8 Å². The number of hydrogen-bond donors (Lipinski definition) is 2. The average molecular weight is 608 g/mol. The van der Waals surface area contributed by atoms with Crippen molar-refractivity contribution in [2.75, 3.05) is 24.6 Å². The van der Waals surface area contributed by atoms with Gasteiger partial charge in [-0.2, -0.15) is 0 Å². The van der Waals surface area contributed by atoms with E-state index in [-0.39, 0.29) is 40.9 Å². The number of aromatic nitrogens is 1. The topological polar surface area (TPSA) is 103 Å². The summed E-state index contributed by atoms with van der Waals surface area (Å²) in [4.78, 5) is 36.0. The maximum Gasteiger partial charge on any atom is 0.348 e. The largest absolute Gasteiger partial charge is 0.477 e. The van der Waals surface area contributed by atoms with E-state index in [4.69, 9.17) is 4.74 Å². The van der Waals surface area contributed by atoms with Gasteiger partial charge in [-0.15, -0.1) is 11.3 Å². The molecule has 3 fully saturated rings. The molecule has 2 aliphatic carbocycles. The van der Waals surface area contributed by atoms with Crippen molar-refractivity contribution in [2.45, 2.75) is 97.2 Å². The maximum absolute atomic E-state index is 14.2. The quantitative estimate of drug-likeness (QED) is 0.261. The number of rotatable bonds is 9. The molecule has 1 aliphatic heterocycles. The smallest absolute Gasteiger partial charge is 0.348 e. The molecule has 9 heteroatoms. The van der Waals surface area contributed by atoms with Crippen LogP contribution in [0, 0.1) is 29.1 Å². The first-order valence-electron chi connectivity index (χ1n) is 15.7. The number of aromatic carboxylic acids is 1. The predicted octanol–water partition coefficient (Wildman–Crippen LogP) is 6.14. The summed E-state index contributed by atoms with van der Waals surface area (Å²) in [6, 6.07) is 6.04. The maximum atomic E-state index is 14.2. The number of carboxylic acids is 1. The molecule has 0 spiro atoms. The molecule has 2 aromatic rings. The van der Waals surface area contributed by atoms with Crippen LogP contribution in [0.5, 0.6) is 5.88 Å². The fourth-order valence-corrected chi connectivity index (χ4v) is 7.22. The Morgan fingerprint density at radius 2 is 1.84 bits per heavy atom. The standard InChI is InChI=1S/C34H45N3O5S/c1-22-5-7-23(8-6-22)32(39)37(28-20-27(13-15-34(2,3)4)43-31(28)33(40)41)25-9-11-26(12-10-25)42-30-19-24(14-16-35-30)29-21-36(29)17-18-38/h14,16,19-20,22-23,25-26,29,38H,5-12,17-18,21H2,1-4H3,(H,40,41). The zero-order valence-corrected chi connectivity index (χ0v) is 26.7. The van der Waals surface area contributed by atoms with E-state index in [1.807, 2.05) is 43.9 Å². The molecule has 8 nitrogen and oxygen atoms in total.